The van der Waals surface area contributed by atoms with E-state index in [1.54, 1.807) is 18.2 Å². The minimum atomic E-state index is -0.202. The molecule has 4 nitrogen and oxygen atoms in total. The first-order chi connectivity index (χ1) is 6.67. The summed E-state index contributed by atoms with van der Waals surface area (Å²) in [5.74, 6) is 0.331. The zero-order chi connectivity index (χ0) is 10.6. The Morgan fingerprint density at radius 1 is 1.50 bits per heavy atom. The van der Waals surface area contributed by atoms with Gasteiger partial charge in [-0.15, -0.1) is 0 Å². The van der Waals surface area contributed by atoms with E-state index in [1.165, 1.54) is 14.0 Å². The zero-order valence-corrected chi connectivity index (χ0v) is 8.03. The molecule has 0 bridgehead atoms. The van der Waals surface area contributed by atoms with Crippen LogP contribution in [0.4, 0.5) is 5.69 Å². The van der Waals surface area contributed by atoms with Gasteiger partial charge in [0.05, 0.1) is 12.8 Å². The van der Waals surface area contributed by atoms with Crippen LogP contribution in [0.15, 0.2) is 18.2 Å². The molecule has 1 aromatic rings. The summed E-state index contributed by atoms with van der Waals surface area (Å²) in [5, 5.41) is 2.58. The Kier molecular flexibility index (Phi) is 3.23. The average Bonchev–Trinajstić information content (AvgIpc) is 2.16. The van der Waals surface area contributed by atoms with Gasteiger partial charge in [-0.05, 0) is 18.2 Å². The highest BCUT2D eigenvalue weighted by molar-refractivity contribution is 5.92. The van der Waals surface area contributed by atoms with Crippen LogP contribution < -0.4 is 10.1 Å². The van der Waals surface area contributed by atoms with Crippen molar-refractivity contribution in [1.82, 2.24) is 0 Å². The first-order valence-corrected chi connectivity index (χ1v) is 4.08. The van der Waals surface area contributed by atoms with Crippen LogP contribution in [0.25, 0.3) is 0 Å². The Balaban J connectivity index is 3.07. The first kappa shape index (κ1) is 10.2. The van der Waals surface area contributed by atoms with Crippen LogP contribution in [0, 0.1) is 0 Å². The fourth-order valence-electron chi connectivity index (χ4n) is 1.09. The Hall–Kier alpha value is -1.84. The molecule has 74 valence electrons. The van der Waals surface area contributed by atoms with Gasteiger partial charge in [0.2, 0.25) is 5.91 Å². The lowest BCUT2D eigenvalue weighted by molar-refractivity contribution is -0.114. The Labute approximate surface area is 81.9 Å². The number of rotatable bonds is 3. The maximum absolute atomic E-state index is 10.8. The van der Waals surface area contributed by atoms with Crippen LogP contribution >= 0.6 is 0 Å². The molecule has 0 atom stereocenters. The topological polar surface area (TPSA) is 55.4 Å². The van der Waals surface area contributed by atoms with Gasteiger partial charge in [-0.25, -0.2) is 0 Å². The molecular weight excluding hydrogens is 182 g/mol. The van der Waals surface area contributed by atoms with E-state index in [2.05, 4.69) is 5.32 Å². The molecule has 0 aliphatic rings. The van der Waals surface area contributed by atoms with E-state index in [1.807, 2.05) is 0 Å². The van der Waals surface area contributed by atoms with E-state index in [-0.39, 0.29) is 5.91 Å². The van der Waals surface area contributed by atoms with Gasteiger partial charge in [0, 0.05) is 12.5 Å². The van der Waals surface area contributed by atoms with Crippen molar-refractivity contribution in [2.75, 3.05) is 12.4 Å². The molecule has 0 radical (unpaired) electrons. The zero-order valence-electron chi connectivity index (χ0n) is 8.03. The van der Waals surface area contributed by atoms with Crippen molar-refractivity contribution in [3.8, 4) is 5.75 Å². The van der Waals surface area contributed by atoms with Crippen molar-refractivity contribution in [2.24, 2.45) is 0 Å². The number of hydrogen-bond acceptors (Lipinski definition) is 3. The number of ether oxygens (including phenoxy) is 1. The summed E-state index contributed by atoms with van der Waals surface area (Å²) in [6.07, 6.45) is 0.713. The third kappa shape index (κ3) is 2.32. The second kappa shape index (κ2) is 4.41. The minimum Gasteiger partial charge on any atom is -0.495 e. The number of methoxy groups -OCH3 is 1. The number of benzene rings is 1. The number of amides is 1. The first-order valence-electron chi connectivity index (χ1n) is 4.08. The highest BCUT2D eigenvalue weighted by Gasteiger charge is 2.04. The van der Waals surface area contributed by atoms with Gasteiger partial charge in [-0.1, -0.05) is 0 Å². The monoisotopic (exact) mass is 193 g/mol. The maximum atomic E-state index is 10.8. The number of hydrogen-bond donors (Lipinski definition) is 1. The molecule has 1 rings (SSSR count). The van der Waals surface area contributed by atoms with E-state index in [4.69, 9.17) is 4.74 Å². The Bertz CT molecular complexity index is 360. The molecule has 0 fully saturated rings. The van der Waals surface area contributed by atoms with E-state index < -0.39 is 0 Å². The molecule has 0 unspecified atom stereocenters. The SMILES string of the molecule is COc1ccc(C=O)cc1NC(C)=O. The number of carbonyl (C=O) groups excluding carboxylic acids is 2. The van der Waals surface area contributed by atoms with Gasteiger partial charge < -0.3 is 10.1 Å². The smallest absolute Gasteiger partial charge is 0.221 e. The highest BCUT2D eigenvalue weighted by Crippen LogP contribution is 2.24. The predicted octanol–water partition coefficient (Wildman–Crippen LogP) is 1.47. The van der Waals surface area contributed by atoms with E-state index in [0.717, 1.165) is 0 Å². The number of nitrogens with one attached hydrogen (secondary N) is 1. The van der Waals surface area contributed by atoms with Crippen molar-refractivity contribution < 1.29 is 14.3 Å². The van der Waals surface area contributed by atoms with Crippen LogP contribution in [0.1, 0.15) is 17.3 Å². The molecule has 1 amide bonds. The molecule has 1 N–H and O–H groups in total. The van der Waals surface area contributed by atoms with Gasteiger partial charge in [0.25, 0.3) is 0 Å². The number of anilines is 1. The normalized spacial score (nSPS) is 9.29. The third-order valence-electron chi connectivity index (χ3n) is 1.67. The maximum Gasteiger partial charge on any atom is 0.221 e. The summed E-state index contributed by atoms with van der Waals surface area (Å²) < 4.78 is 5.02. The molecule has 0 spiro atoms. The second-order valence-electron chi connectivity index (χ2n) is 2.76. The Morgan fingerprint density at radius 3 is 2.71 bits per heavy atom. The molecule has 4 heteroatoms. The number of aldehydes is 1. The van der Waals surface area contributed by atoms with E-state index in [0.29, 0.717) is 23.3 Å². The van der Waals surface area contributed by atoms with E-state index in [9.17, 15) is 9.59 Å². The largest absolute Gasteiger partial charge is 0.495 e. The minimum absolute atomic E-state index is 0.202. The van der Waals surface area contributed by atoms with Crippen LogP contribution in [-0.2, 0) is 4.79 Å². The molecule has 14 heavy (non-hydrogen) atoms. The molecule has 0 aliphatic heterocycles. The van der Waals surface area contributed by atoms with Gasteiger partial charge in [-0.2, -0.15) is 0 Å². The fourth-order valence-corrected chi connectivity index (χ4v) is 1.09. The van der Waals surface area contributed by atoms with Crippen molar-refractivity contribution >= 4 is 17.9 Å². The van der Waals surface area contributed by atoms with Gasteiger partial charge >= 0.3 is 0 Å². The lowest BCUT2D eigenvalue weighted by atomic mass is 10.2. The summed E-state index contributed by atoms with van der Waals surface area (Å²) >= 11 is 0. The highest BCUT2D eigenvalue weighted by atomic mass is 16.5. The average molecular weight is 193 g/mol. The standard InChI is InChI=1S/C10H11NO3/c1-7(13)11-9-5-8(6-12)3-4-10(9)14-2/h3-6H,1-2H3,(H,11,13). The molecule has 0 aliphatic carbocycles. The molecule has 0 saturated heterocycles. The molecular formula is C10H11NO3. The summed E-state index contributed by atoms with van der Waals surface area (Å²) in [4.78, 5) is 21.3. The van der Waals surface area contributed by atoms with Gasteiger partial charge in [0.15, 0.2) is 0 Å². The van der Waals surface area contributed by atoms with Gasteiger partial charge in [0.1, 0.15) is 12.0 Å². The van der Waals surface area contributed by atoms with Crippen molar-refractivity contribution in [3.05, 3.63) is 23.8 Å². The number of carbonyl (C=O) groups is 2. The van der Waals surface area contributed by atoms with Crippen molar-refractivity contribution in [3.63, 3.8) is 0 Å². The quantitative estimate of drug-likeness (QED) is 0.739. The Morgan fingerprint density at radius 2 is 2.21 bits per heavy atom. The molecule has 0 aromatic heterocycles. The molecule has 1 aromatic carbocycles. The van der Waals surface area contributed by atoms with Crippen LogP contribution in [0.2, 0.25) is 0 Å². The second-order valence-corrected chi connectivity index (χ2v) is 2.76. The molecule has 0 saturated carbocycles. The summed E-state index contributed by atoms with van der Waals surface area (Å²) in [6.45, 7) is 1.40. The summed E-state index contributed by atoms with van der Waals surface area (Å²) in [7, 11) is 1.50. The molecule has 0 heterocycles. The predicted molar refractivity (Wildman–Crippen MR) is 52.7 cm³/mol. The van der Waals surface area contributed by atoms with Gasteiger partial charge in [-0.3, -0.25) is 9.59 Å². The van der Waals surface area contributed by atoms with Crippen LogP contribution in [0.5, 0.6) is 5.75 Å². The van der Waals surface area contributed by atoms with Crippen molar-refractivity contribution in [2.45, 2.75) is 6.92 Å². The third-order valence-corrected chi connectivity index (χ3v) is 1.67. The summed E-state index contributed by atoms with van der Waals surface area (Å²) in [6, 6.07) is 4.82. The van der Waals surface area contributed by atoms with Crippen LogP contribution in [-0.4, -0.2) is 19.3 Å². The summed E-state index contributed by atoms with van der Waals surface area (Å²) in [5.41, 5.74) is 0.999. The lowest BCUT2D eigenvalue weighted by Crippen LogP contribution is -2.07. The van der Waals surface area contributed by atoms with E-state index >= 15 is 0 Å². The van der Waals surface area contributed by atoms with Crippen LogP contribution in [0.3, 0.4) is 0 Å². The van der Waals surface area contributed by atoms with Crippen molar-refractivity contribution in [1.29, 1.82) is 0 Å². The fraction of sp³-hybridized carbons (Fsp3) is 0.200. The lowest BCUT2D eigenvalue weighted by Gasteiger charge is -2.08.